The second-order valence-electron chi connectivity index (χ2n) is 4.72. The minimum atomic E-state index is -0.00152. The number of rotatable bonds is 3. The second-order valence-corrected chi connectivity index (χ2v) is 5.63. The van der Waals surface area contributed by atoms with Crippen LogP contribution in [0.3, 0.4) is 0 Å². The van der Waals surface area contributed by atoms with E-state index >= 15 is 0 Å². The summed E-state index contributed by atoms with van der Waals surface area (Å²) in [4.78, 5) is 12.8. The summed E-state index contributed by atoms with van der Waals surface area (Å²) in [6, 6.07) is 2.16. The summed E-state index contributed by atoms with van der Waals surface area (Å²) in [5.74, 6) is 6.52. The molecule has 1 aromatic rings. The Labute approximate surface area is 111 Å². The van der Waals surface area contributed by atoms with Crippen molar-refractivity contribution in [2.45, 2.75) is 32.2 Å². The number of nitrogens with one attached hydrogen (secondary N) is 1. The maximum Gasteiger partial charge on any atom is 0.252 e. The van der Waals surface area contributed by atoms with Crippen molar-refractivity contribution in [2.75, 3.05) is 6.61 Å². The molecule has 3 nitrogen and oxygen atoms in total. The Morgan fingerprint density at radius 2 is 2.39 bits per heavy atom. The molecule has 0 radical (unpaired) electrons. The number of hydrogen-bond donors (Lipinski definition) is 2. The zero-order chi connectivity index (χ0) is 13.0. The molecule has 0 spiro atoms. The van der Waals surface area contributed by atoms with Crippen molar-refractivity contribution in [3.63, 3.8) is 0 Å². The lowest BCUT2D eigenvalue weighted by Gasteiger charge is -2.33. The van der Waals surface area contributed by atoms with Crippen molar-refractivity contribution in [2.24, 2.45) is 5.92 Å². The van der Waals surface area contributed by atoms with Crippen LogP contribution in [-0.2, 0) is 0 Å². The van der Waals surface area contributed by atoms with Crippen LogP contribution in [0.5, 0.6) is 0 Å². The third-order valence-corrected chi connectivity index (χ3v) is 3.86. The highest BCUT2D eigenvalue weighted by Crippen LogP contribution is 2.26. The minimum absolute atomic E-state index is 0.00152. The van der Waals surface area contributed by atoms with Gasteiger partial charge in [-0.15, -0.1) is 11.3 Å². The SMILES string of the molecule is CC1CC(NC(=O)c2csc(C#CCCO)c2)C1. The lowest BCUT2D eigenvalue weighted by atomic mass is 9.82. The van der Waals surface area contributed by atoms with Crippen LogP contribution >= 0.6 is 11.3 Å². The first kappa shape index (κ1) is 13.1. The van der Waals surface area contributed by atoms with E-state index in [4.69, 9.17) is 5.11 Å². The lowest BCUT2D eigenvalue weighted by Crippen LogP contribution is -2.43. The molecule has 1 fully saturated rings. The van der Waals surface area contributed by atoms with Gasteiger partial charge in [-0.25, -0.2) is 0 Å². The molecule has 0 atom stereocenters. The average molecular weight is 263 g/mol. The van der Waals surface area contributed by atoms with Gasteiger partial charge in [0.1, 0.15) is 0 Å². The molecular formula is C14H17NO2S. The van der Waals surface area contributed by atoms with Gasteiger partial charge in [-0.1, -0.05) is 18.8 Å². The maximum absolute atomic E-state index is 11.9. The number of hydrogen-bond acceptors (Lipinski definition) is 3. The van der Waals surface area contributed by atoms with E-state index < -0.39 is 0 Å². The summed E-state index contributed by atoms with van der Waals surface area (Å²) >= 11 is 1.47. The van der Waals surface area contributed by atoms with E-state index in [9.17, 15) is 4.79 Å². The van der Waals surface area contributed by atoms with E-state index in [0.717, 1.165) is 23.6 Å². The topological polar surface area (TPSA) is 49.3 Å². The van der Waals surface area contributed by atoms with Gasteiger partial charge in [0.25, 0.3) is 5.91 Å². The van der Waals surface area contributed by atoms with Crippen LogP contribution in [-0.4, -0.2) is 23.7 Å². The van der Waals surface area contributed by atoms with Gasteiger partial charge in [0.2, 0.25) is 0 Å². The third kappa shape index (κ3) is 3.34. The first-order valence-corrected chi connectivity index (χ1v) is 7.06. The second kappa shape index (κ2) is 6.03. The summed E-state index contributed by atoms with van der Waals surface area (Å²) < 4.78 is 0. The molecule has 0 saturated heterocycles. The Bertz CT molecular complexity index is 477. The molecule has 18 heavy (non-hydrogen) atoms. The maximum atomic E-state index is 11.9. The van der Waals surface area contributed by atoms with Crippen LogP contribution in [0.15, 0.2) is 11.4 Å². The van der Waals surface area contributed by atoms with Gasteiger partial charge >= 0.3 is 0 Å². The van der Waals surface area contributed by atoms with Crippen LogP contribution in [0, 0.1) is 17.8 Å². The molecular weight excluding hydrogens is 246 g/mol. The van der Waals surface area contributed by atoms with Crippen molar-refractivity contribution in [3.05, 3.63) is 21.9 Å². The van der Waals surface area contributed by atoms with Crippen molar-refractivity contribution >= 4 is 17.2 Å². The fraction of sp³-hybridized carbons (Fsp3) is 0.500. The average Bonchev–Trinajstić information content (AvgIpc) is 2.76. The van der Waals surface area contributed by atoms with Crippen LogP contribution in [0.25, 0.3) is 0 Å². The summed E-state index contributed by atoms with van der Waals surface area (Å²) in [6.07, 6.45) is 2.64. The Morgan fingerprint density at radius 3 is 3.06 bits per heavy atom. The molecule has 2 rings (SSSR count). The highest BCUT2D eigenvalue weighted by molar-refractivity contribution is 7.10. The van der Waals surface area contributed by atoms with Crippen LogP contribution in [0.4, 0.5) is 0 Å². The van der Waals surface area contributed by atoms with Gasteiger partial charge in [0.05, 0.1) is 17.0 Å². The quantitative estimate of drug-likeness (QED) is 0.820. The largest absolute Gasteiger partial charge is 0.395 e. The zero-order valence-corrected chi connectivity index (χ0v) is 11.2. The van der Waals surface area contributed by atoms with E-state index in [1.165, 1.54) is 11.3 Å². The van der Waals surface area contributed by atoms with Gasteiger partial charge in [0, 0.05) is 17.8 Å². The lowest BCUT2D eigenvalue weighted by molar-refractivity contribution is 0.0896. The number of aliphatic hydroxyl groups is 1. The van der Waals surface area contributed by atoms with E-state index in [0.29, 0.717) is 18.0 Å². The number of carbonyl (C=O) groups is 1. The molecule has 1 amide bonds. The molecule has 1 saturated carbocycles. The van der Waals surface area contributed by atoms with Gasteiger partial charge in [-0.05, 0) is 24.8 Å². The molecule has 0 bridgehead atoms. The van der Waals surface area contributed by atoms with Crippen LogP contribution < -0.4 is 5.32 Å². The Hall–Kier alpha value is -1.31. The van der Waals surface area contributed by atoms with Crippen molar-refractivity contribution < 1.29 is 9.90 Å². The fourth-order valence-corrected chi connectivity index (χ4v) is 2.77. The monoisotopic (exact) mass is 263 g/mol. The van der Waals surface area contributed by atoms with E-state index in [2.05, 4.69) is 24.1 Å². The fourth-order valence-electron chi connectivity index (χ4n) is 2.02. The predicted octanol–water partition coefficient (Wildman–Crippen LogP) is 2.01. The first-order valence-electron chi connectivity index (χ1n) is 6.18. The summed E-state index contributed by atoms with van der Waals surface area (Å²) in [5.41, 5.74) is 0.688. The number of thiophene rings is 1. The van der Waals surface area contributed by atoms with Gasteiger partial charge < -0.3 is 10.4 Å². The standard InChI is InChI=1S/C14H17NO2S/c1-10-6-12(7-10)15-14(17)11-8-13(18-9-11)4-2-3-5-16/h8-10,12,16H,3,5-7H2,1H3,(H,15,17). The van der Waals surface area contributed by atoms with Gasteiger partial charge in [-0.3, -0.25) is 4.79 Å². The molecule has 1 heterocycles. The zero-order valence-electron chi connectivity index (χ0n) is 10.4. The molecule has 2 N–H and O–H groups in total. The number of carbonyl (C=O) groups excluding carboxylic acids is 1. The van der Waals surface area contributed by atoms with E-state index in [1.54, 1.807) is 0 Å². The smallest absolute Gasteiger partial charge is 0.252 e. The molecule has 1 aliphatic carbocycles. The van der Waals surface area contributed by atoms with Crippen LogP contribution in [0.2, 0.25) is 0 Å². The molecule has 0 aliphatic heterocycles. The highest BCUT2D eigenvalue weighted by atomic mass is 32.1. The Kier molecular flexibility index (Phi) is 4.40. The highest BCUT2D eigenvalue weighted by Gasteiger charge is 2.26. The molecule has 1 aromatic heterocycles. The van der Waals surface area contributed by atoms with E-state index in [1.807, 2.05) is 11.4 Å². The normalized spacial score (nSPS) is 21.7. The minimum Gasteiger partial charge on any atom is -0.395 e. The molecule has 1 aliphatic rings. The molecule has 4 heteroatoms. The number of aliphatic hydroxyl groups excluding tert-OH is 1. The Balaban J connectivity index is 1.89. The van der Waals surface area contributed by atoms with Crippen molar-refractivity contribution in [3.8, 4) is 11.8 Å². The third-order valence-electron chi connectivity index (χ3n) is 3.02. The summed E-state index contributed by atoms with van der Waals surface area (Å²) in [7, 11) is 0. The first-order chi connectivity index (χ1) is 8.69. The molecule has 96 valence electrons. The van der Waals surface area contributed by atoms with E-state index in [-0.39, 0.29) is 12.5 Å². The Morgan fingerprint density at radius 1 is 1.61 bits per heavy atom. The predicted molar refractivity (Wildman–Crippen MR) is 72.6 cm³/mol. The number of amides is 1. The van der Waals surface area contributed by atoms with Gasteiger partial charge in [-0.2, -0.15) is 0 Å². The van der Waals surface area contributed by atoms with Gasteiger partial charge in [0.15, 0.2) is 0 Å². The summed E-state index contributed by atoms with van der Waals surface area (Å²) in [6.45, 7) is 2.27. The van der Waals surface area contributed by atoms with Crippen LogP contribution in [0.1, 0.15) is 41.4 Å². The molecule has 0 aromatic carbocycles. The molecule has 0 unspecified atom stereocenters. The summed E-state index contributed by atoms with van der Waals surface area (Å²) in [5, 5.41) is 13.5. The van der Waals surface area contributed by atoms with Crippen molar-refractivity contribution in [1.82, 2.24) is 5.32 Å². The van der Waals surface area contributed by atoms with Crippen molar-refractivity contribution in [1.29, 1.82) is 0 Å².